The summed E-state index contributed by atoms with van der Waals surface area (Å²) in [7, 11) is 0. The molecule has 0 heterocycles. The Morgan fingerprint density at radius 1 is 0.750 bits per heavy atom. The zero-order chi connectivity index (χ0) is 13.9. The molecule has 114 valence electrons. The van der Waals surface area contributed by atoms with Gasteiger partial charge in [0.05, 0.1) is 0 Å². The van der Waals surface area contributed by atoms with Gasteiger partial charge in [0.1, 0.15) is 0 Å². The van der Waals surface area contributed by atoms with E-state index >= 15 is 0 Å². The van der Waals surface area contributed by atoms with Crippen molar-refractivity contribution >= 4 is 11.6 Å². The number of halogens is 1. The molecule has 0 amide bonds. The van der Waals surface area contributed by atoms with Gasteiger partial charge in [-0.3, -0.25) is 0 Å². The lowest BCUT2D eigenvalue weighted by molar-refractivity contribution is 0.124. The molecule has 1 atom stereocenters. The molecule has 1 heteroatoms. The van der Waals surface area contributed by atoms with Crippen LogP contribution >= 0.6 is 11.6 Å². The van der Waals surface area contributed by atoms with Gasteiger partial charge in [-0.05, 0) is 87.4 Å². The van der Waals surface area contributed by atoms with Gasteiger partial charge in [-0.25, -0.2) is 0 Å². The van der Waals surface area contributed by atoms with Crippen LogP contribution in [-0.2, 0) is 0 Å². The zero-order valence-electron chi connectivity index (χ0n) is 13.1. The Hall–Kier alpha value is 0.0300. The number of allylic oxidation sites excluding steroid dienone is 2. The number of hydrogen-bond acceptors (Lipinski definition) is 0. The van der Waals surface area contributed by atoms with Crippen LogP contribution in [0.3, 0.4) is 0 Å². The second-order valence-electron chi connectivity index (χ2n) is 7.88. The molecule has 0 radical (unpaired) electrons. The van der Waals surface area contributed by atoms with Crippen molar-refractivity contribution in [3.8, 4) is 0 Å². The van der Waals surface area contributed by atoms with Crippen LogP contribution in [0.1, 0.15) is 77.6 Å². The Morgan fingerprint density at radius 3 is 1.75 bits per heavy atom. The lowest BCUT2D eigenvalue weighted by Gasteiger charge is -2.40. The molecule has 0 aromatic carbocycles. The highest BCUT2D eigenvalue weighted by atomic mass is 35.5. The average molecular weight is 295 g/mol. The molecule has 0 spiro atoms. The van der Waals surface area contributed by atoms with Crippen LogP contribution in [0.15, 0.2) is 11.1 Å². The normalized spacial score (nSPS) is 43.1. The Kier molecular flexibility index (Phi) is 5.13. The largest absolute Gasteiger partial charge is 0.0895 e. The first-order valence-corrected chi connectivity index (χ1v) is 9.44. The minimum atomic E-state index is 0.949. The molecule has 1 unspecified atom stereocenters. The molecule has 3 rings (SSSR count). The van der Waals surface area contributed by atoms with Crippen LogP contribution in [0.2, 0.25) is 0 Å². The van der Waals surface area contributed by atoms with E-state index in [1.165, 1.54) is 64.2 Å². The fourth-order valence-electron chi connectivity index (χ4n) is 5.10. The van der Waals surface area contributed by atoms with E-state index in [1.807, 2.05) is 0 Å². The van der Waals surface area contributed by atoms with Gasteiger partial charge in [0.15, 0.2) is 0 Å². The fourth-order valence-corrected chi connectivity index (χ4v) is 5.29. The van der Waals surface area contributed by atoms with Crippen LogP contribution in [-0.4, -0.2) is 0 Å². The molecule has 0 aromatic heterocycles. The van der Waals surface area contributed by atoms with Crippen molar-refractivity contribution in [1.82, 2.24) is 0 Å². The summed E-state index contributed by atoms with van der Waals surface area (Å²) in [6.07, 6.45) is 18.2. The van der Waals surface area contributed by atoms with Crippen molar-refractivity contribution in [3.05, 3.63) is 11.1 Å². The highest BCUT2D eigenvalue weighted by Gasteiger charge is 2.32. The SMILES string of the molecule is CC1CCC(C2CCC(C3CC=C(Cl)CC3)CC2)CC1. The minimum Gasteiger partial charge on any atom is -0.0895 e. The maximum absolute atomic E-state index is 6.12. The van der Waals surface area contributed by atoms with E-state index in [9.17, 15) is 0 Å². The second kappa shape index (κ2) is 6.86. The summed E-state index contributed by atoms with van der Waals surface area (Å²) in [5.41, 5.74) is 0. The molecular formula is C19H31Cl. The highest BCUT2D eigenvalue weighted by Crippen LogP contribution is 2.45. The van der Waals surface area contributed by atoms with Crippen LogP contribution in [0.4, 0.5) is 0 Å². The van der Waals surface area contributed by atoms with Gasteiger partial charge in [0, 0.05) is 5.03 Å². The van der Waals surface area contributed by atoms with Gasteiger partial charge >= 0.3 is 0 Å². The summed E-state index contributed by atoms with van der Waals surface area (Å²) in [6.45, 7) is 2.44. The van der Waals surface area contributed by atoms with Crippen molar-refractivity contribution in [1.29, 1.82) is 0 Å². The summed E-state index contributed by atoms with van der Waals surface area (Å²) < 4.78 is 0. The summed E-state index contributed by atoms with van der Waals surface area (Å²) in [5, 5.41) is 1.12. The Bertz CT molecular complexity index is 330. The first kappa shape index (κ1) is 14.9. The predicted octanol–water partition coefficient (Wildman–Crippen LogP) is 6.54. The van der Waals surface area contributed by atoms with Gasteiger partial charge in [0.25, 0.3) is 0 Å². The minimum absolute atomic E-state index is 0.949. The standard InChI is InChI=1S/C19H31Cl/c1-14-2-4-15(5-3-14)16-6-8-17(9-7-16)18-10-12-19(20)13-11-18/h12,14-18H,2-11,13H2,1H3. The number of rotatable bonds is 2. The summed E-state index contributed by atoms with van der Waals surface area (Å²) in [4.78, 5) is 0. The van der Waals surface area contributed by atoms with E-state index in [4.69, 9.17) is 11.6 Å². The molecule has 0 nitrogen and oxygen atoms in total. The highest BCUT2D eigenvalue weighted by molar-refractivity contribution is 6.29. The predicted molar refractivity (Wildman–Crippen MR) is 87.8 cm³/mol. The van der Waals surface area contributed by atoms with Crippen molar-refractivity contribution in [2.75, 3.05) is 0 Å². The van der Waals surface area contributed by atoms with Gasteiger partial charge in [-0.1, -0.05) is 37.4 Å². The lowest BCUT2D eigenvalue weighted by atomic mass is 9.66. The molecule has 0 bridgehead atoms. The first-order valence-electron chi connectivity index (χ1n) is 9.07. The maximum Gasteiger partial charge on any atom is 0.0141 e. The van der Waals surface area contributed by atoms with Crippen LogP contribution in [0.25, 0.3) is 0 Å². The van der Waals surface area contributed by atoms with E-state index in [1.54, 1.807) is 0 Å². The van der Waals surface area contributed by atoms with E-state index in [0.717, 1.165) is 41.0 Å². The molecule has 20 heavy (non-hydrogen) atoms. The third kappa shape index (κ3) is 3.62. The van der Waals surface area contributed by atoms with Crippen molar-refractivity contribution < 1.29 is 0 Å². The van der Waals surface area contributed by atoms with Crippen molar-refractivity contribution in [3.63, 3.8) is 0 Å². The Labute approximate surface area is 130 Å². The average Bonchev–Trinajstić information content (AvgIpc) is 2.49. The third-order valence-corrected chi connectivity index (χ3v) is 6.95. The molecule has 0 aromatic rings. The van der Waals surface area contributed by atoms with Gasteiger partial charge in [0.2, 0.25) is 0 Å². The molecule has 2 fully saturated rings. The zero-order valence-corrected chi connectivity index (χ0v) is 13.9. The fraction of sp³-hybridized carbons (Fsp3) is 0.895. The molecule has 0 aliphatic heterocycles. The van der Waals surface area contributed by atoms with Crippen LogP contribution in [0, 0.1) is 29.6 Å². The summed E-state index contributed by atoms with van der Waals surface area (Å²) in [5.74, 6) is 5.11. The van der Waals surface area contributed by atoms with E-state index in [-0.39, 0.29) is 0 Å². The van der Waals surface area contributed by atoms with E-state index < -0.39 is 0 Å². The summed E-state index contributed by atoms with van der Waals surface area (Å²) in [6, 6.07) is 0. The molecule has 3 aliphatic rings. The molecule has 3 aliphatic carbocycles. The second-order valence-corrected chi connectivity index (χ2v) is 8.37. The van der Waals surface area contributed by atoms with Crippen LogP contribution < -0.4 is 0 Å². The summed E-state index contributed by atoms with van der Waals surface area (Å²) >= 11 is 6.12. The molecule has 2 saturated carbocycles. The van der Waals surface area contributed by atoms with Gasteiger partial charge < -0.3 is 0 Å². The van der Waals surface area contributed by atoms with Gasteiger partial charge in [-0.2, -0.15) is 0 Å². The molecular weight excluding hydrogens is 264 g/mol. The van der Waals surface area contributed by atoms with Crippen LogP contribution in [0.5, 0.6) is 0 Å². The number of hydrogen-bond donors (Lipinski definition) is 0. The molecule has 0 saturated heterocycles. The smallest absolute Gasteiger partial charge is 0.0141 e. The Balaban J connectivity index is 1.45. The monoisotopic (exact) mass is 294 g/mol. The van der Waals surface area contributed by atoms with Crippen molar-refractivity contribution in [2.45, 2.75) is 77.6 Å². The molecule has 0 N–H and O–H groups in total. The van der Waals surface area contributed by atoms with Gasteiger partial charge in [-0.15, -0.1) is 0 Å². The lowest BCUT2D eigenvalue weighted by Crippen LogP contribution is -2.28. The van der Waals surface area contributed by atoms with E-state index in [2.05, 4.69) is 13.0 Å². The topological polar surface area (TPSA) is 0 Å². The Morgan fingerprint density at radius 2 is 1.25 bits per heavy atom. The first-order chi connectivity index (χ1) is 9.72. The van der Waals surface area contributed by atoms with Crippen molar-refractivity contribution in [2.24, 2.45) is 29.6 Å². The quantitative estimate of drug-likeness (QED) is 0.542. The van der Waals surface area contributed by atoms with E-state index in [0.29, 0.717) is 0 Å². The maximum atomic E-state index is 6.12. The third-order valence-electron chi connectivity index (χ3n) is 6.61.